The Kier molecular flexibility index (Phi) is 2.28. The lowest BCUT2D eigenvalue weighted by atomic mass is 10.3. The summed E-state index contributed by atoms with van der Waals surface area (Å²) in [5, 5.41) is 17.3. The number of rotatable bonds is 2. The van der Waals surface area contributed by atoms with E-state index in [0.29, 0.717) is 5.69 Å². The van der Waals surface area contributed by atoms with Gasteiger partial charge in [-0.1, -0.05) is 18.2 Å². The summed E-state index contributed by atoms with van der Waals surface area (Å²) in [6, 6.07) is 9.62. The van der Waals surface area contributed by atoms with Gasteiger partial charge in [0, 0.05) is 0 Å². The molecule has 0 aliphatic carbocycles. The molecule has 0 atom stereocenters. The first-order valence-corrected chi connectivity index (χ1v) is 4.40. The summed E-state index contributed by atoms with van der Waals surface area (Å²) in [5.41, 5.74) is 2.28. The van der Waals surface area contributed by atoms with Crippen LogP contribution < -0.4 is 0 Å². The second kappa shape index (κ2) is 3.59. The van der Waals surface area contributed by atoms with Gasteiger partial charge in [0.25, 0.3) is 0 Å². The smallest absolute Gasteiger partial charge is 0.111 e. The molecule has 1 aromatic carbocycles. The van der Waals surface area contributed by atoms with Crippen molar-refractivity contribution in [2.45, 2.75) is 13.5 Å². The average Bonchev–Trinajstić information content (AvgIpc) is 2.61. The highest BCUT2D eigenvalue weighted by atomic mass is 16.3. The summed E-state index contributed by atoms with van der Waals surface area (Å²) >= 11 is 0. The second-order valence-corrected chi connectivity index (χ2v) is 3.02. The van der Waals surface area contributed by atoms with Gasteiger partial charge in [0.15, 0.2) is 0 Å². The molecule has 2 aromatic rings. The lowest BCUT2D eigenvalue weighted by Crippen LogP contribution is -1.98. The SMILES string of the molecule is Cc1nn(-c2ccccc2)nc1CO. The minimum atomic E-state index is -0.0708. The number of para-hydroxylation sites is 1. The fourth-order valence-corrected chi connectivity index (χ4v) is 1.23. The van der Waals surface area contributed by atoms with Gasteiger partial charge in [0.1, 0.15) is 5.69 Å². The van der Waals surface area contributed by atoms with E-state index in [1.165, 1.54) is 4.80 Å². The van der Waals surface area contributed by atoms with Gasteiger partial charge in [-0.05, 0) is 19.1 Å². The summed E-state index contributed by atoms with van der Waals surface area (Å²) < 4.78 is 0. The third-order valence-corrected chi connectivity index (χ3v) is 2.01. The predicted octanol–water partition coefficient (Wildman–Crippen LogP) is 1.07. The number of aliphatic hydroxyl groups is 1. The van der Waals surface area contributed by atoms with Gasteiger partial charge in [-0.2, -0.15) is 15.0 Å². The molecule has 0 saturated heterocycles. The highest BCUT2D eigenvalue weighted by molar-refractivity contribution is 5.29. The molecular weight excluding hydrogens is 178 g/mol. The fourth-order valence-electron chi connectivity index (χ4n) is 1.23. The minimum Gasteiger partial charge on any atom is -0.390 e. The van der Waals surface area contributed by atoms with E-state index >= 15 is 0 Å². The molecule has 1 heterocycles. The van der Waals surface area contributed by atoms with Crippen molar-refractivity contribution in [2.75, 3.05) is 0 Å². The molecule has 0 amide bonds. The Hall–Kier alpha value is -1.68. The molecule has 4 nitrogen and oxygen atoms in total. The van der Waals surface area contributed by atoms with Crippen LogP contribution in [-0.2, 0) is 6.61 Å². The Morgan fingerprint density at radius 3 is 2.50 bits per heavy atom. The number of aryl methyl sites for hydroxylation is 1. The summed E-state index contributed by atoms with van der Waals surface area (Å²) in [6.07, 6.45) is 0. The molecule has 0 bridgehead atoms. The molecule has 2 rings (SSSR count). The molecule has 0 saturated carbocycles. The minimum absolute atomic E-state index is 0.0708. The third-order valence-electron chi connectivity index (χ3n) is 2.01. The Balaban J connectivity index is 2.43. The molecular formula is C10H11N3O. The first-order valence-electron chi connectivity index (χ1n) is 4.40. The average molecular weight is 189 g/mol. The van der Waals surface area contributed by atoms with E-state index in [9.17, 15) is 0 Å². The molecule has 0 aliphatic rings. The monoisotopic (exact) mass is 189 g/mol. The Bertz CT molecular complexity index is 422. The zero-order chi connectivity index (χ0) is 9.97. The number of nitrogens with zero attached hydrogens (tertiary/aromatic N) is 3. The van der Waals surface area contributed by atoms with Crippen molar-refractivity contribution in [3.8, 4) is 5.69 Å². The van der Waals surface area contributed by atoms with Crippen LogP contribution in [0.1, 0.15) is 11.4 Å². The zero-order valence-electron chi connectivity index (χ0n) is 7.88. The number of hydrogen-bond acceptors (Lipinski definition) is 3. The van der Waals surface area contributed by atoms with Crippen LogP contribution in [0.4, 0.5) is 0 Å². The van der Waals surface area contributed by atoms with Crippen LogP contribution in [0.3, 0.4) is 0 Å². The predicted molar refractivity (Wildman–Crippen MR) is 52.0 cm³/mol. The maximum Gasteiger partial charge on any atom is 0.111 e. The normalized spacial score (nSPS) is 10.4. The highest BCUT2D eigenvalue weighted by Crippen LogP contribution is 2.07. The van der Waals surface area contributed by atoms with E-state index in [4.69, 9.17) is 5.11 Å². The van der Waals surface area contributed by atoms with Crippen molar-refractivity contribution >= 4 is 0 Å². The molecule has 1 N–H and O–H groups in total. The third kappa shape index (κ3) is 1.52. The van der Waals surface area contributed by atoms with Crippen LogP contribution in [0, 0.1) is 6.92 Å². The lowest BCUT2D eigenvalue weighted by Gasteiger charge is -1.96. The van der Waals surface area contributed by atoms with Crippen molar-refractivity contribution in [1.29, 1.82) is 0 Å². The lowest BCUT2D eigenvalue weighted by molar-refractivity contribution is 0.275. The second-order valence-electron chi connectivity index (χ2n) is 3.02. The molecule has 0 fully saturated rings. The van der Waals surface area contributed by atoms with E-state index in [-0.39, 0.29) is 6.61 Å². The Morgan fingerprint density at radius 1 is 1.21 bits per heavy atom. The van der Waals surface area contributed by atoms with Gasteiger partial charge in [-0.25, -0.2) is 0 Å². The van der Waals surface area contributed by atoms with Gasteiger partial charge in [0.05, 0.1) is 18.0 Å². The Labute approximate surface area is 81.8 Å². The summed E-state index contributed by atoms with van der Waals surface area (Å²) in [6.45, 7) is 1.76. The molecule has 4 heteroatoms. The van der Waals surface area contributed by atoms with E-state index in [0.717, 1.165) is 11.4 Å². The molecule has 0 spiro atoms. The highest BCUT2D eigenvalue weighted by Gasteiger charge is 2.05. The van der Waals surface area contributed by atoms with Crippen LogP contribution in [0.15, 0.2) is 30.3 Å². The quantitative estimate of drug-likeness (QED) is 0.768. The van der Waals surface area contributed by atoms with Gasteiger partial charge in [0.2, 0.25) is 0 Å². The van der Waals surface area contributed by atoms with Gasteiger partial charge < -0.3 is 5.11 Å². The van der Waals surface area contributed by atoms with Crippen LogP contribution in [-0.4, -0.2) is 20.1 Å². The fraction of sp³-hybridized carbons (Fsp3) is 0.200. The maximum absolute atomic E-state index is 8.96. The van der Waals surface area contributed by atoms with E-state index in [1.54, 1.807) is 0 Å². The van der Waals surface area contributed by atoms with Crippen molar-refractivity contribution < 1.29 is 5.11 Å². The van der Waals surface area contributed by atoms with Gasteiger partial charge in [-0.3, -0.25) is 0 Å². The largest absolute Gasteiger partial charge is 0.390 e. The molecule has 14 heavy (non-hydrogen) atoms. The topological polar surface area (TPSA) is 50.9 Å². The van der Waals surface area contributed by atoms with Gasteiger partial charge >= 0.3 is 0 Å². The van der Waals surface area contributed by atoms with Crippen molar-refractivity contribution in [1.82, 2.24) is 15.0 Å². The van der Waals surface area contributed by atoms with E-state index in [2.05, 4.69) is 10.2 Å². The molecule has 72 valence electrons. The summed E-state index contributed by atoms with van der Waals surface area (Å²) in [4.78, 5) is 1.53. The number of benzene rings is 1. The molecule has 0 unspecified atom stereocenters. The first kappa shape index (κ1) is 8.90. The maximum atomic E-state index is 8.96. The van der Waals surface area contributed by atoms with E-state index in [1.807, 2.05) is 37.3 Å². The standard InChI is InChI=1S/C10H11N3O/c1-8-10(7-14)12-13(11-8)9-5-3-2-4-6-9/h2-6,14H,7H2,1H3. The molecule has 0 aliphatic heterocycles. The van der Waals surface area contributed by atoms with Crippen LogP contribution in [0.25, 0.3) is 5.69 Å². The summed E-state index contributed by atoms with van der Waals surface area (Å²) in [7, 11) is 0. The molecule has 1 aromatic heterocycles. The van der Waals surface area contributed by atoms with Crippen LogP contribution in [0.2, 0.25) is 0 Å². The molecule has 0 radical (unpaired) electrons. The number of aliphatic hydroxyl groups excluding tert-OH is 1. The number of aromatic nitrogens is 3. The van der Waals surface area contributed by atoms with Crippen LogP contribution >= 0.6 is 0 Å². The first-order chi connectivity index (χ1) is 6.81. The zero-order valence-corrected chi connectivity index (χ0v) is 7.88. The Morgan fingerprint density at radius 2 is 1.93 bits per heavy atom. The summed E-state index contributed by atoms with van der Waals surface area (Å²) in [5.74, 6) is 0. The van der Waals surface area contributed by atoms with Crippen molar-refractivity contribution in [3.05, 3.63) is 41.7 Å². The van der Waals surface area contributed by atoms with E-state index < -0.39 is 0 Å². The van der Waals surface area contributed by atoms with Crippen LogP contribution in [0.5, 0.6) is 0 Å². The van der Waals surface area contributed by atoms with Crippen molar-refractivity contribution in [2.24, 2.45) is 0 Å². The number of hydrogen-bond donors (Lipinski definition) is 1. The van der Waals surface area contributed by atoms with Gasteiger partial charge in [-0.15, -0.1) is 0 Å². The van der Waals surface area contributed by atoms with Crippen molar-refractivity contribution in [3.63, 3.8) is 0 Å².